The molecule has 7 nitrogen and oxygen atoms in total. The van der Waals surface area contributed by atoms with E-state index in [1.54, 1.807) is 61.7 Å². The third-order valence-corrected chi connectivity index (χ3v) is 4.59. The highest BCUT2D eigenvalue weighted by molar-refractivity contribution is 6.05. The Morgan fingerprint density at radius 2 is 1.48 bits per heavy atom. The zero-order valence-electron chi connectivity index (χ0n) is 18.1. The first-order valence-corrected chi connectivity index (χ1v) is 10.2. The Bertz CT molecular complexity index is 1110. The number of carbonyl (C=O) groups is 3. The van der Waals surface area contributed by atoms with Gasteiger partial charge in [0.25, 0.3) is 11.8 Å². The van der Waals surface area contributed by atoms with Crippen molar-refractivity contribution in [3.8, 4) is 5.75 Å². The summed E-state index contributed by atoms with van der Waals surface area (Å²) in [6.45, 7) is -0.234. The molecule has 3 rings (SSSR count). The molecule has 2 N–H and O–H groups in total. The van der Waals surface area contributed by atoms with Crippen LogP contribution < -0.4 is 15.4 Å². The molecule has 33 heavy (non-hydrogen) atoms. The number of rotatable bonds is 9. The summed E-state index contributed by atoms with van der Waals surface area (Å²) in [6.07, 6.45) is 1.52. The van der Waals surface area contributed by atoms with E-state index in [0.717, 1.165) is 5.56 Å². The molecule has 0 fully saturated rings. The van der Waals surface area contributed by atoms with Crippen LogP contribution in [-0.2, 0) is 20.9 Å². The van der Waals surface area contributed by atoms with Gasteiger partial charge in [0, 0.05) is 5.56 Å². The third-order valence-electron chi connectivity index (χ3n) is 4.59. The minimum atomic E-state index is -0.619. The molecule has 0 bridgehead atoms. The number of hydrogen-bond donors (Lipinski definition) is 2. The van der Waals surface area contributed by atoms with Crippen LogP contribution in [0.5, 0.6) is 5.75 Å². The van der Waals surface area contributed by atoms with E-state index in [-0.39, 0.29) is 18.8 Å². The summed E-state index contributed by atoms with van der Waals surface area (Å²) in [5, 5.41) is 5.12. The van der Waals surface area contributed by atoms with Gasteiger partial charge in [-0.05, 0) is 41.5 Å². The molecule has 0 aliphatic rings. The van der Waals surface area contributed by atoms with Crippen LogP contribution >= 0.6 is 0 Å². The Morgan fingerprint density at radius 1 is 0.848 bits per heavy atom. The number of hydrogen-bond acceptors (Lipinski definition) is 5. The van der Waals surface area contributed by atoms with Crippen molar-refractivity contribution in [2.75, 3.05) is 13.7 Å². The van der Waals surface area contributed by atoms with E-state index < -0.39 is 17.8 Å². The molecule has 3 aromatic carbocycles. The predicted octanol–water partition coefficient (Wildman–Crippen LogP) is 3.33. The van der Waals surface area contributed by atoms with Crippen molar-refractivity contribution >= 4 is 23.9 Å². The summed E-state index contributed by atoms with van der Waals surface area (Å²) < 4.78 is 10.3. The molecular formula is C26H24N2O5. The maximum atomic E-state index is 12.8. The molecule has 0 radical (unpaired) electrons. The summed E-state index contributed by atoms with van der Waals surface area (Å²) in [5.41, 5.74) is 1.89. The molecule has 168 valence electrons. The third kappa shape index (κ3) is 7.36. The number of methoxy groups -OCH3 is 1. The van der Waals surface area contributed by atoms with Gasteiger partial charge in [0.05, 0.1) is 7.11 Å². The molecule has 7 heteroatoms. The van der Waals surface area contributed by atoms with Crippen LogP contribution in [0.15, 0.2) is 90.6 Å². The average molecular weight is 444 g/mol. The van der Waals surface area contributed by atoms with E-state index in [0.29, 0.717) is 16.9 Å². The van der Waals surface area contributed by atoms with Crippen LogP contribution in [0.25, 0.3) is 6.08 Å². The quantitative estimate of drug-likeness (QED) is 0.390. The Hall–Kier alpha value is -4.39. The van der Waals surface area contributed by atoms with Crippen LogP contribution in [-0.4, -0.2) is 31.4 Å². The highest BCUT2D eigenvalue weighted by Gasteiger charge is 2.16. The average Bonchev–Trinajstić information content (AvgIpc) is 2.87. The van der Waals surface area contributed by atoms with Gasteiger partial charge >= 0.3 is 5.97 Å². The van der Waals surface area contributed by atoms with Crippen molar-refractivity contribution in [2.45, 2.75) is 6.61 Å². The van der Waals surface area contributed by atoms with Gasteiger partial charge in [-0.1, -0.05) is 60.7 Å². The molecule has 3 aromatic rings. The fourth-order valence-corrected chi connectivity index (χ4v) is 2.85. The van der Waals surface area contributed by atoms with Gasteiger partial charge in [0.15, 0.2) is 0 Å². The largest absolute Gasteiger partial charge is 0.497 e. The molecule has 0 saturated carbocycles. The van der Waals surface area contributed by atoms with E-state index in [1.807, 2.05) is 30.3 Å². The molecule has 0 aliphatic heterocycles. The predicted molar refractivity (Wildman–Crippen MR) is 124 cm³/mol. The van der Waals surface area contributed by atoms with Crippen molar-refractivity contribution in [2.24, 2.45) is 0 Å². The Kier molecular flexibility index (Phi) is 8.36. The molecule has 0 saturated heterocycles. The van der Waals surface area contributed by atoms with Crippen LogP contribution in [0.2, 0.25) is 0 Å². The van der Waals surface area contributed by atoms with Crippen molar-refractivity contribution in [3.05, 3.63) is 107 Å². The molecule has 0 heterocycles. The van der Waals surface area contributed by atoms with Gasteiger partial charge in [0.2, 0.25) is 0 Å². The van der Waals surface area contributed by atoms with Crippen LogP contribution in [0.3, 0.4) is 0 Å². The fraction of sp³-hybridized carbons (Fsp3) is 0.115. The maximum Gasteiger partial charge on any atom is 0.325 e. The summed E-state index contributed by atoms with van der Waals surface area (Å²) in [6, 6.07) is 24.7. The maximum absolute atomic E-state index is 12.8. The van der Waals surface area contributed by atoms with Crippen LogP contribution in [0, 0.1) is 0 Å². The van der Waals surface area contributed by atoms with Crippen molar-refractivity contribution < 1.29 is 23.9 Å². The summed E-state index contributed by atoms with van der Waals surface area (Å²) >= 11 is 0. The van der Waals surface area contributed by atoms with Gasteiger partial charge in [0.1, 0.15) is 24.6 Å². The molecular weight excluding hydrogens is 420 g/mol. The zero-order valence-corrected chi connectivity index (χ0v) is 18.1. The van der Waals surface area contributed by atoms with Gasteiger partial charge in [-0.15, -0.1) is 0 Å². The molecule has 0 unspecified atom stereocenters. The minimum Gasteiger partial charge on any atom is -0.497 e. The lowest BCUT2D eigenvalue weighted by Gasteiger charge is -2.11. The molecule has 0 aromatic heterocycles. The highest BCUT2D eigenvalue weighted by Crippen LogP contribution is 2.14. The monoisotopic (exact) mass is 444 g/mol. The standard InChI is InChI=1S/C26H24N2O5/c1-32-22-14-12-19(13-15-22)16-23(28-25(30)21-10-6-3-7-11-21)26(31)27-17-24(29)33-18-20-8-4-2-5-9-20/h2-16H,17-18H2,1H3,(H,27,31)(H,28,30)/b23-16+. The normalized spacial score (nSPS) is 10.8. The number of ether oxygens (including phenoxy) is 2. The second-order valence-corrected chi connectivity index (χ2v) is 6.98. The number of carbonyl (C=O) groups excluding carboxylic acids is 3. The second kappa shape index (κ2) is 11.9. The van der Waals surface area contributed by atoms with Crippen LogP contribution in [0.1, 0.15) is 21.5 Å². The molecule has 0 aliphatic carbocycles. The highest BCUT2D eigenvalue weighted by atomic mass is 16.5. The Labute approximate surface area is 192 Å². The second-order valence-electron chi connectivity index (χ2n) is 6.98. The van der Waals surface area contributed by atoms with Crippen molar-refractivity contribution in [1.29, 1.82) is 0 Å². The van der Waals surface area contributed by atoms with Gasteiger partial charge in [-0.25, -0.2) is 0 Å². The van der Waals surface area contributed by atoms with E-state index in [9.17, 15) is 14.4 Å². The van der Waals surface area contributed by atoms with Gasteiger partial charge in [-0.3, -0.25) is 14.4 Å². The van der Waals surface area contributed by atoms with E-state index >= 15 is 0 Å². The number of esters is 1. The number of nitrogens with one attached hydrogen (secondary N) is 2. The molecule has 0 spiro atoms. The van der Waals surface area contributed by atoms with Gasteiger partial charge < -0.3 is 20.1 Å². The number of benzene rings is 3. The first-order chi connectivity index (χ1) is 16.0. The minimum absolute atomic E-state index is 0.00937. The zero-order chi connectivity index (χ0) is 23.5. The van der Waals surface area contributed by atoms with Gasteiger partial charge in [-0.2, -0.15) is 0 Å². The first kappa shape index (κ1) is 23.3. The van der Waals surface area contributed by atoms with Crippen LogP contribution in [0.4, 0.5) is 0 Å². The first-order valence-electron chi connectivity index (χ1n) is 10.2. The summed E-state index contributed by atoms with van der Waals surface area (Å²) in [4.78, 5) is 37.5. The fourth-order valence-electron chi connectivity index (χ4n) is 2.85. The SMILES string of the molecule is COc1ccc(/C=C(/NC(=O)c2ccccc2)C(=O)NCC(=O)OCc2ccccc2)cc1. The lowest BCUT2D eigenvalue weighted by atomic mass is 10.1. The Balaban J connectivity index is 1.67. The van der Waals surface area contributed by atoms with E-state index in [2.05, 4.69) is 10.6 Å². The molecule has 2 amide bonds. The molecule has 0 atom stereocenters. The number of amides is 2. The summed E-state index contributed by atoms with van der Waals surface area (Å²) in [5.74, 6) is -0.998. The lowest BCUT2D eigenvalue weighted by molar-refractivity contribution is -0.144. The van der Waals surface area contributed by atoms with E-state index in [4.69, 9.17) is 9.47 Å². The smallest absolute Gasteiger partial charge is 0.325 e. The topological polar surface area (TPSA) is 93.7 Å². The lowest BCUT2D eigenvalue weighted by Crippen LogP contribution is -2.37. The summed E-state index contributed by atoms with van der Waals surface area (Å²) in [7, 11) is 1.56. The van der Waals surface area contributed by atoms with Crippen molar-refractivity contribution in [3.63, 3.8) is 0 Å². The van der Waals surface area contributed by atoms with E-state index in [1.165, 1.54) is 6.08 Å². The Morgan fingerprint density at radius 3 is 2.12 bits per heavy atom. The van der Waals surface area contributed by atoms with Crippen molar-refractivity contribution in [1.82, 2.24) is 10.6 Å².